The van der Waals surface area contributed by atoms with E-state index in [9.17, 15) is 0 Å². The molecule has 1 unspecified atom stereocenters. The number of aliphatic imine (C=N–C) groups is 2. The second-order valence-corrected chi connectivity index (χ2v) is 12.0. The van der Waals surface area contributed by atoms with E-state index in [-0.39, 0.29) is 17.1 Å². The lowest BCUT2D eigenvalue weighted by Crippen LogP contribution is -2.64. The number of rotatable bonds is 3. The molecule has 2 aliphatic heterocycles. The van der Waals surface area contributed by atoms with Gasteiger partial charge in [0.2, 0.25) is 3.79 Å². The molecule has 1 saturated heterocycles. The summed E-state index contributed by atoms with van der Waals surface area (Å²) < 4.78 is -1.56. The lowest BCUT2D eigenvalue weighted by molar-refractivity contribution is 0.0880. The molecule has 28 heavy (non-hydrogen) atoms. The van der Waals surface area contributed by atoms with Crippen molar-refractivity contribution in [3.05, 3.63) is 29.8 Å². The smallest absolute Gasteiger partial charge is 0.230 e. The summed E-state index contributed by atoms with van der Waals surface area (Å²) in [6.45, 7) is 8.81. The number of halogens is 3. The van der Waals surface area contributed by atoms with Crippen molar-refractivity contribution < 1.29 is 0 Å². The molecule has 1 atom stereocenters. The normalized spacial score (nSPS) is 24.9. The summed E-state index contributed by atoms with van der Waals surface area (Å²) in [5, 5.41) is 3.69. The zero-order chi connectivity index (χ0) is 20.7. The molecule has 8 heteroatoms. The minimum absolute atomic E-state index is 0.0317. The molecular formula is C20H27Cl3N4S. The van der Waals surface area contributed by atoms with Crippen LogP contribution in [-0.4, -0.2) is 50.4 Å². The fraction of sp³-hybridized carbons (Fsp3) is 0.600. The van der Waals surface area contributed by atoms with Crippen LogP contribution in [0.5, 0.6) is 0 Å². The predicted molar refractivity (Wildman–Crippen MR) is 123 cm³/mol. The number of nitrogens with one attached hydrogen (secondary N) is 1. The molecule has 1 N–H and O–H groups in total. The molecule has 2 aliphatic rings. The van der Waals surface area contributed by atoms with Gasteiger partial charge < -0.3 is 10.2 Å². The maximum Gasteiger partial charge on any atom is 0.230 e. The first-order chi connectivity index (χ1) is 12.9. The quantitative estimate of drug-likeness (QED) is 0.477. The van der Waals surface area contributed by atoms with Gasteiger partial charge in [0.25, 0.3) is 0 Å². The van der Waals surface area contributed by atoms with E-state index in [1.165, 1.54) is 4.90 Å². The number of hydrogen-bond acceptors (Lipinski definition) is 5. The monoisotopic (exact) mass is 460 g/mol. The van der Waals surface area contributed by atoms with Crippen molar-refractivity contribution in [1.82, 2.24) is 10.2 Å². The summed E-state index contributed by atoms with van der Waals surface area (Å²) in [5.74, 6) is 0.590. The lowest BCUT2D eigenvalue weighted by Gasteiger charge is -2.51. The third-order valence-electron chi connectivity index (χ3n) is 5.07. The Kier molecular flexibility index (Phi) is 6.35. The van der Waals surface area contributed by atoms with Crippen LogP contribution in [0.3, 0.4) is 0 Å². The van der Waals surface area contributed by atoms with Crippen LogP contribution in [0.4, 0.5) is 0 Å². The minimum atomic E-state index is -1.56. The highest BCUT2D eigenvalue weighted by molar-refractivity contribution is 7.98. The van der Waals surface area contributed by atoms with Gasteiger partial charge in [-0.15, -0.1) is 11.8 Å². The molecular weight excluding hydrogens is 435 g/mol. The summed E-state index contributed by atoms with van der Waals surface area (Å²) in [7, 11) is 0. The van der Waals surface area contributed by atoms with Crippen LogP contribution in [0.2, 0.25) is 0 Å². The van der Waals surface area contributed by atoms with Crippen molar-refractivity contribution in [3.8, 4) is 0 Å². The first-order valence-electron chi connectivity index (χ1n) is 9.30. The fourth-order valence-electron chi connectivity index (χ4n) is 4.30. The number of benzene rings is 1. The van der Waals surface area contributed by atoms with Crippen LogP contribution >= 0.6 is 46.6 Å². The molecule has 1 aromatic rings. The van der Waals surface area contributed by atoms with E-state index >= 15 is 0 Å². The van der Waals surface area contributed by atoms with E-state index in [2.05, 4.69) is 38.0 Å². The molecule has 0 amide bonds. The summed E-state index contributed by atoms with van der Waals surface area (Å²) in [6, 6.07) is 8.27. The Hall–Kier alpha value is -0.460. The Morgan fingerprint density at radius 2 is 1.64 bits per heavy atom. The van der Waals surface area contributed by atoms with Gasteiger partial charge in [0, 0.05) is 27.6 Å². The van der Waals surface area contributed by atoms with E-state index in [0.717, 1.165) is 18.4 Å². The Morgan fingerprint density at radius 1 is 1.07 bits per heavy atom. The SMILES string of the molecule is CSc1ccc(C2=NC(C(Cl)(Cl)Cl)N(C3CC(C)(C)NC(C)(C)C3)C=N2)cc1. The van der Waals surface area contributed by atoms with Crippen LogP contribution in [0.1, 0.15) is 46.1 Å². The second-order valence-electron chi connectivity index (χ2n) is 8.74. The van der Waals surface area contributed by atoms with Gasteiger partial charge in [-0.1, -0.05) is 46.9 Å². The molecule has 0 radical (unpaired) electrons. The molecule has 0 bridgehead atoms. The van der Waals surface area contributed by atoms with Gasteiger partial charge >= 0.3 is 0 Å². The Balaban J connectivity index is 1.91. The van der Waals surface area contributed by atoms with Crippen molar-refractivity contribution in [2.24, 2.45) is 9.98 Å². The Bertz CT molecular complexity index is 753. The zero-order valence-corrected chi connectivity index (χ0v) is 19.9. The topological polar surface area (TPSA) is 40.0 Å². The number of amidine groups is 1. The zero-order valence-electron chi connectivity index (χ0n) is 16.8. The van der Waals surface area contributed by atoms with Gasteiger partial charge in [0.15, 0.2) is 12.0 Å². The number of thioether (sulfide) groups is 1. The predicted octanol–water partition coefficient (Wildman–Crippen LogP) is 5.50. The third kappa shape index (κ3) is 5.17. The number of piperidine rings is 1. The van der Waals surface area contributed by atoms with E-state index in [1.54, 1.807) is 18.1 Å². The largest absolute Gasteiger partial charge is 0.334 e. The average molecular weight is 462 g/mol. The van der Waals surface area contributed by atoms with Crippen molar-refractivity contribution in [2.45, 2.75) is 72.5 Å². The van der Waals surface area contributed by atoms with Gasteiger partial charge in [0.1, 0.15) is 0 Å². The maximum atomic E-state index is 6.37. The molecule has 3 rings (SSSR count). The van der Waals surface area contributed by atoms with Crippen LogP contribution in [0.25, 0.3) is 0 Å². The highest BCUT2D eigenvalue weighted by Crippen LogP contribution is 2.40. The fourth-order valence-corrected chi connectivity index (χ4v) is 5.20. The molecule has 0 spiro atoms. The van der Waals surface area contributed by atoms with Gasteiger partial charge in [-0.25, -0.2) is 9.98 Å². The highest BCUT2D eigenvalue weighted by Gasteiger charge is 2.46. The molecule has 0 saturated carbocycles. The van der Waals surface area contributed by atoms with E-state index < -0.39 is 9.96 Å². The third-order valence-corrected chi connectivity index (χ3v) is 6.40. The standard InChI is InChI=1S/C20H27Cl3N4S/c1-18(2)10-14(11-19(3,4)26-18)27-12-24-16(25-17(27)20(21,22)23)13-6-8-15(28-5)9-7-13/h6-9,12,14,17,26H,10-11H2,1-5H3. The van der Waals surface area contributed by atoms with Crippen molar-refractivity contribution in [2.75, 3.05) is 6.26 Å². The van der Waals surface area contributed by atoms with E-state index in [0.29, 0.717) is 5.84 Å². The number of nitrogens with zero attached hydrogens (tertiary/aromatic N) is 3. The molecule has 0 aliphatic carbocycles. The van der Waals surface area contributed by atoms with Gasteiger partial charge in [-0.2, -0.15) is 0 Å². The summed E-state index contributed by atoms with van der Waals surface area (Å²) in [4.78, 5) is 12.6. The average Bonchev–Trinajstić information content (AvgIpc) is 2.58. The number of hydrogen-bond donors (Lipinski definition) is 1. The lowest BCUT2D eigenvalue weighted by atomic mass is 9.79. The van der Waals surface area contributed by atoms with Crippen molar-refractivity contribution >= 4 is 58.7 Å². The molecule has 1 aromatic carbocycles. The van der Waals surface area contributed by atoms with Crippen LogP contribution in [0.15, 0.2) is 39.1 Å². The second kappa shape index (κ2) is 7.99. The van der Waals surface area contributed by atoms with E-state index in [1.807, 2.05) is 35.4 Å². The Labute approximate surface area is 187 Å². The first-order valence-corrected chi connectivity index (χ1v) is 11.7. The number of alkyl halides is 3. The Morgan fingerprint density at radius 3 is 2.14 bits per heavy atom. The highest BCUT2D eigenvalue weighted by atomic mass is 35.6. The molecule has 154 valence electrons. The molecule has 0 aromatic heterocycles. The summed E-state index contributed by atoms with van der Waals surface area (Å²) in [6.07, 6.45) is 5.05. The molecule has 1 fully saturated rings. The molecule has 4 nitrogen and oxygen atoms in total. The van der Waals surface area contributed by atoms with E-state index in [4.69, 9.17) is 39.8 Å². The van der Waals surface area contributed by atoms with Crippen LogP contribution in [0, 0.1) is 0 Å². The van der Waals surface area contributed by atoms with Crippen molar-refractivity contribution in [1.29, 1.82) is 0 Å². The maximum absolute atomic E-state index is 6.37. The summed E-state index contributed by atoms with van der Waals surface area (Å²) in [5.41, 5.74) is 0.852. The van der Waals surface area contributed by atoms with Gasteiger partial charge in [-0.05, 0) is 58.9 Å². The van der Waals surface area contributed by atoms with Gasteiger partial charge in [-0.3, -0.25) is 0 Å². The first kappa shape index (κ1) is 22.2. The van der Waals surface area contributed by atoms with Crippen molar-refractivity contribution in [3.63, 3.8) is 0 Å². The van der Waals surface area contributed by atoms with Crippen LogP contribution < -0.4 is 5.32 Å². The minimum Gasteiger partial charge on any atom is -0.334 e. The summed E-state index contributed by atoms with van der Waals surface area (Å²) >= 11 is 20.8. The van der Waals surface area contributed by atoms with Crippen LogP contribution in [-0.2, 0) is 0 Å². The van der Waals surface area contributed by atoms with Gasteiger partial charge in [0.05, 0.1) is 6.34 Å². The molecule has 2 heterocycles.